The van der Waals surface area contributed by atoms with Gasteiger partial charge in [0.05, 0.1) is 0 Å². The minimum atomic E-state index is -1.41. The maximum atomic E-state index is 12.6. The van der Waals surface area contributed by atoms with Gasteiger partial charge in [-0.1, -0.05) is 25.6 Å². The fourth-order valence-corrected chi connectivity index (χ4v) is 2.73. The number of nitrogens with one attached hydrogen (secondary N) is 2. The second-order valence-electron chi connectivity index (χ2n) is 6.83. The third-order valence-corrected chi connectivity index (χ3v) is 4.55. The molecule has 10 nitrogen and oxygen atoms in total. The van der Waals surface area contributed by atoms with E-state index in [2.05, 4.69) is 10.6 Å². The summed E-state index contributed by atoms with van der Waals surface area (Å²) in [5, 5.41) is 4.69. The van der Waals surface area contributed by atoms with Crippen LogP contribution in [0.1, 0.15) is 27.2 Å². The smallest absolute Gasteiger partial charge is 0.374 e. The van der Waals surface area contributed by atoms with Crippen molar-refractivity contribution < 1.29 is 38.2 Å². The van der Waals surface area contributed by atoms with Crippen LogP contribution in [0.15, 0.2) is 12.2 Å². The van der Waals surface area contributed by atoms with Crippen LogP contribution in [0.2, 0.25) is 0 Å². The maximum absolute atomic E-state index is 12.6. The molecule has 29 heavy (non-hydrogen) atoms. The van der Waals surface area contributed by atoms with Gasteiger partial charge in [-0.05, 0) is 6.08 Å². The highest BCUT2D eigenvalue weighted by atomic mass is 32.2. The van der Waals surface area contributed by atoms with Crippen molar-refractivity contribution in [2.75, 3.05) is 25.4 Å². The van der Waals surface area contributed by atoms with Crippen molar-refractivity contribution in [3.05, 3.63) is 12.2 Å². The number of hydrogen-bond donors (Lipinski definition) is 2. The maximum Gasteiger partial charge on any atom is 0.374 e. The van der Waals surface area contributed by atoms with Crippen LogP contribution in [-0.4, -0.2) is 66.2 Å². The molecular weight excluding hydrogens is 404 g/mol. The normalized spacial score (nSPS) is 21.0. The van der Waals surface area contributed by atoms with Gasteiger partial charge in [0.2, 0.25) is 16.8 Å². The zero-order chi connectivity index (χ0) is 22.0. The Labute approximate surface area is 172 Å². The van der Waals surface area contributed by atoms with Crippen LogP contribution in [-0.2, 0) is 38.2 Å². The third-order valence-electron chi connectivity index (χ3n) is 3.72. The van der Waals surface area contributed by atoms with Crippen molar-refractivity contribution >= 4 is 46.4 Å². The molecular formula is C18H24N2O8S. The Morgan fingerprint density at radius 3 is 2.52 bits per heavy atom. The molecule has 0 aromatic carbocycles. The van der Waals surface area contributed by atoms with Gasteiger partial charge >= 0.3 is 11.9 Å². The Bertz CT molecular complexity index is 717. The molecule has 1 atom stereocenters. The molecule has 0 unspecified atom stereocenters. The fourth-order valence-electron chi connectivity index (χ4n) is 2.16. The number of hydrogen-bond acceptors (Lipinski definition) is 9. The first kappa shape index (κ1) is 24.3. The van der Waals surface area contributed by atoms with E-state index in [0.717, 1.165) is 30.8 Å². The van der Waals surface area contributed by atoms with Crippen molar-refractivity contribution in [1.29, 1.82) is 0 Å². The molecule has 0 saturated heterocycles. The van der Waals surface area contributed by atoms with Gasteiger partial charge in [-0.15, -0.1) is 0 Å². The van der Waals surface area contributed by atoms with Gasteiger partial charge in [0, 0.05) is 43.7 Å². The first-order chi connectivity index (χ1) is 13.5. The van der Waals surface area contributed by atoms with Crippen molar-refractivity contribution in [3.63, 3.8) is 0 Å². The molecule has 0 aromatic rings. The second kappa shape index (κ2) is 11.3. The highest BCUT2D eigenvalue weighted by Crippen LogP contribution is 2.25. The summed E-state index contributed by atoms with van der Waals surface area (Å²) in [5.74, 6) is -3.52. The van der Waals surface area contributed by atoms with E-state index in [0.29, 0.717) is 5.75 Å². The topological polar surface area (TPSA) is 145 Å². The summed E-state index contributed by atoms with van der Waals surface area (Å²) in [7, 11) is 0. The molecule has 160 valence electrons. The van der Waals surface area contributed by atoms with E-state index in [1.807, 2.05) is 0 Å². The molecule has 1 aliphatic heterocycles. The number of thioether (sulfide) groups is 1. The number of Topliss-reactive ketones (excluding diaryl/α,β-unsaturated/α-hetero) is 1. The number of amides is 2. The molecule has 0 saturated carbocycles. The average Bonchev–Trinajstić information content (AvgIpc) is 2.65. The molecule has 0 aliphatic carbocycles. The summed E-state index contributed by atoms with van der Waals surface area (Å²) in [6, 6.07) is 0. The van der Waals surface area contributed by atoms with E-state index >= 15 is 0 Å². The number of esters is 2. The average molecular weight is 428 g/mol. The van der Waals surface area contributed by atoms with Gasteiger partial charge in [0.1, 0.15) is 6.61 Å². The number of ketones is 1. The molecule has 0 fully saturated rings. The second-order valence-corrected chi connectivity index (χ2v) is 7.93. The lowest BCUT2D eigenvalue weighted by Crippen LogP contribution is -2.49. The molecule has 1 heterocycles. The van der Waals surface area contributed by atoms with Gasteiger partial charge in [-0.3, -0.25) is 19.2 Å². The van der Waals surface area contributed by atoms with Crippen molar-refractivity contribution in [2.45, 2.75) is 33.3 Å². The first-order valence-corrected chi connectivity index (χ1v) is 9.79. The lowest BCUT2D eigenvalue weighted by Gasteiger charge is -2.31. The van der Waals surface area contributed by atoms with E-state index in [9.17, 15) is 28.8 Å². The molecule has 0 bridgehead atoms. The predicted octanol–water partition coefficient (Wildman–Crippen LogP) is -0.491. The Morgan fingerprint density at radius 1 is 1.17 bits per heavy atom. The zero-order valence-corrected chi connectivity index (χ0v) is 17.3. The monoisotopic (exact) mass is 428 g/mol. The van der Waals surface area contributed by atoms with Gasteiger partial charge in [-0.25, -0.2) is 9.59 Å². The van der Waals surface area contributed by atoms with Gasteiger partial charge < -0.3 is 20.1 Å². The molecule has 0 aromatic heterocycles. The van der Waals surface area contributed by atoms with Crippen molar-refractivity contribution in [3.8, 4) is 0 Å². The van der Waals surface area contributed by atoms with Crippen LogP contribution in [0.3, 0.4) is 0 Å². The van der Waals surface area contributed by atoms with Gasteiger partial charge in [-0.2, -0.15) is 0 Å². The molecule has 1 rings (SSSR count). The highest BCUT2D eigenvalue weighted by Gasteiger charge is 2.40. The molecule has 2 N–H and O–H groups in total. The lowest BCUT2D eigenvalue weighted by atomic mass is 9.86. The summed E-state index contributed by atoms with van der Waals surface area (Å²) >= 11 is 0.913. The number of ether oxygens (including phenoxy) is 2. The predicted molar refractivity (Wildman–Crippen MR) is 103 cm³/mol. The van der Waals surface area contributed by atoms with Gasteiger partial charge in [0.15, 0.2) is 6.10 Å². The largest absolute Gasteiger partial charge is 0.459 e. The van der Waals surface area contributed by atoms with Crippen LogP contribution >= 0.6 is 11.8 Å². The van der Waals surface area contributed by atoms with Crippen LogP contribution in [0.25, 0.3) is 0 Å². The fraction of sp³-hybridized carbons (Fsp3) is 0.556. The molecule has 0 spiro atoms. The lowest BCUT2D eigenvalue weighted by molar-refractivity contribution is -0.167. The van der Waals surface area contributed by atoms with Crippen molar-refractivity contribution in [2.24, 2.45) is 5.41 Å². The minimum absolute atomic E-state index is 0.00998. The zero-order valence-electron chi connectivity index (χ0n) is 16.4. The van der Waals surface area contributed by atoms with E-state index < -0.39 is 40.3 Å². The molecule has 2 amide bonds. The SMILES string of the molecule is CC(=O)C(=O)OCC(C)(C)[C@H]1OC(=O)/C=C/C(=O)SCCNC(=O)CCNC1=O. The molecule has 11 heteroatoms. The summed E-state index contributed by atoms with van der Waals surface area (Å²) in [6.45, 7) is 3.92. The van der Waals surface area contributed by atoms with E-state index in [1.165, 1.54) is 13.8 Å². The Hall–Kier alpha value is -2.69. The number of carbonyl (C=O) groups is 6. The summed E-state index contributed by atoms with van der Waals surface area (Å²) in [5.41, 5.74) is -1.20. The van der Waals surface area contributed by atoms with E-state index in [1.54, 1.807) is 0 Å². The van der Waals surface area contributed by atoms with Crippen LogP contribution in [0.4, 0.5) is 0 Å². The van der Waals surface area contributed by atoms with Crippen LogP contribution < -0.4 is 10.6 Å². The van der Waals surface area contributed by atoms with Gasteiger partial charge in [0.25, 0.3) is 5.91 Å². The quantitative estimate of drug-likeness (QED) is 0.447. The summed E-state index contributed by atoms with van der Waals surface area (Å²) in [4.78, 5) is 70.6. The summed E-state index contributed by atoms with van der Waals surface area (Å²) < 4.78 is 10.1. The highest BCUT2D eigenvalue weighted by molar-refractivity contribution is 8.14. The molecule has 1 aliphatic rings. The molecule has 0 radical (unpaired) electrons. The minimum Gasteiger partial charge on any atom is -0.459 e. The number of carbonyl (C=O) groups excluding carboxylic acids is 6. The Balaban J connectivity index is 2.99. The Kier molecular flexibility index (Phi) is 9.53. The third kappa shape index (κ3) is 8.90. The van der Waals surface area contributed by atoms with Crippen LogP contribution in [0, 0.1) is 5.41 Å². The Morgan fingerprint density at radius 2 is 1.86 bits per heavy atom. The van der Waals surface area contributed by atoms with E-state index in [4.69, 9.17) is 9.47 Å². The number of cyclic esters (lactones) is 1. The summed E-state index contributed by atoms with van der Waals surface area (Å²) in [6.07, 6.45) is 0.483. The first-order valence-electron chi connectivity index (χ1n) is 8.80. The van der Waals surface area contributed by atoms with Crippen LogP contribution in [0.5, 0.6) is 0 Å². The number of rotatable bonds is 4. The van der Waals surface area contributed by atoms with Crippen molar-refractivity contribution in [1.82, 2.24) is 10.6 Å². The standard InChI is InChI=1S/C18H24N2O8S/c1-11(21)17(26)27-10-18(2,3)15-16(25)20-7-6-12(22)19-8-9-29-14(24)5-4-13(23)28-15/h4-5,15H,6-10H2,1-3H3,(H,19,22)(H,20,25)/b5-4+/t15-/m0/s1. The van der Waals surface area contributed by atoms with E-state index in [-0.39, 0.29) is 32.0 Å².